The molecule has 2 heterocycles. The normalized spacial score (nSPS) is 23.4. The second-order valence-corrected chi connectivity index (χ2v) is 5.45. The first-order valence-electron chi connectivity index (χ1n) is 6.14. The number of carboxylic acid groups (broad SMARTS) is 1. The molecule has 0 bridgehead atoms. The zero-order valence-corrected chi connectivity index (χ0v) is 10.9. The number of hydrogen-bond acceptors (Lipinski definition) is 3. The molecule has 2 N–H and O–H groups in total. The molecule has 19 heavy (non-hydrogen) atoms. The van der Waals surface area contributed by atoms with Gasteiger partial charge < -0.3 is 10.2 Å². The Balaban J connectivity index is 2.28. The number of likely N-dealkylation sites (tertiary alicyclic amines) is 1. The summed E-state index contributed by atoms with van der Waals surface area (Å²) in [5, 5.41) is 19.6. The van der Waals surface area contributed by atoms with Crippen LogP contribution in [0.4, 0.5) is 9.18 Å². The van der Waals surface area contributed by atoms with Crippen molar-refractivity contribution in [3.05, 3.63) is 29.8 Å². The number of aliphatic hydroxyl groups is 1. The van der Waals surface area contributed by atoms with E-state index in [1.165, 1.54) is 17.2 Å². The molecule has 104 valence electrons. The summed E-state index contributed by atoms with van der Waals surface area (Å²) in [7, 11) is 0. The second kappa shape index (κ2) is 4.77. The van der Waals surface area contributed by atoms with Crippen LogP contribution >= 0.6 is 0 Å². The monoisotopic (exact) mass is 268 g/mol. The first-order chi connectivity index (χ1) is 8.83. The number of carbonyl (C=O) groups is 1. The van der Waals surface area contributed by atoms with E-state index < -0.39 is 29.6 Å². The van der Waals surface area contributed by atoms with Crippen LogP contribution in [0.3, 0.4) is 0 Å². The maximum atomic E-state index is 13.1. The average molecular weight is 268 g/mol. The predicted octanol–water partition coefficient (Wildman–Crippen LogP) is 2.18. The van der Waals surface area contributed by atoms with Crippen molar-refractivity contribution in [2.24, 2.45) is 0 Å². The van der Waals surface area contributed by atoms with E-state index in [2.05, 4.69) is 4.98 Å². The smallest absolute Gasteiger partial charge is 0.408 e. The molecule has 6 heteroatoms. The van der Waals surface area contributed by atoms with Crippen LogP contribution < -0.4 is 0 Å². The molecule has 0 aliphatic carbocycles. The highest BCUT2D eigenvalue weighted by molar-refractivity contribution is 5.67. The van der Waals surface area contributed by atoms with Crippen LogP contribution in [0.1, 0.15) is 38.4 Å². The molecule has 1 aromatic rings. The van der Waals surface area contributed by atoms with Crippen LogP contribution in [0.5, 0.6) is 0 Å². The first kappa shape index (κ1) is 13.7. The minimum absolute atomic E-state index is 0.300. The van der Waals surface area contributed by atoms with Gasteiger partial charge in [0.05, 0.1) is 12.2 Å². The number of aliphatic hydroxyl groups excluding tert-OH is 1. The first-order valence-corrected chi connectivity index (χ1v) is 6.14. The lowest BCUT2D eigenvalue weighted by Gasteiger charge is -2.35. The summed E-state index contributed by atoms with van der Waals surface area (Å²) in [6, 6.07) is 0.610. The molecule has 5 nitrogen and oxygen atoms in total. The molecule has 1 aliphatic heterocycles. The Morgan fingerprint density at radius 3 is 2.84 bits per heavy atom. The average Bonchev–Trinajstić information content (AvgIpc) is 2.64. The van der Waals surface area contributed by atoms with Crippen LogP contribution in [0, 0.1) is 5.82 Å². The summed E-state index contributed by atoms with van der Waals surface area (Å²) >= 11 is 0. The lowest BCUT2D eigenvalue weighted by atomic mass is 10.0. The molecule has 1 saturated heterocycles. The molecule has 1 fully saturated rings. The van der Waals surface area contributed by atoms with Crippen molar-refractivity contribution in [3.8, 4) is 0 Å². The number of rotatable bonds is 2. The fourth-order valence-electron chi connectivity index (χ4n) is 2.71. The van der Waals surface area contributed by atoms with Gasteiger partial charge in [0, 0.05) is 17.3 Å². The van der Waals surface area contributed by atoms with Gasteiger partial charge in [0.15, 0.2) is 0 Å². The van der Waals surface area contributed by atoms with Gasteiger partial charge in [-0.2, -0.15) is 0 Å². The highest BCUT2D eigenvalue weighted by Gasteiger charge is 2.45. The standard InChI is InChI=1S/C13H17FN2O3/c1-13(2)4-3-10(16(13)12(18)19)11(17)8-5-9(14)7-15-6-8/h5-7,10-11,17H,3-4H2,1-2H3,(H,18,19)/t10-,11+/m1/s1. The molecule has 0 radical (unpaired) electrons. The summed E-state index contributed by atoms with van der Waals surface area (Å²) in [4.78, 5) is 16.3. The molecule has 1 aromatic heterocycles. The Labute approximate surface area is 110 Å². The van der Waals surface area contributed by atoms with Gasteiger partial charge in [0.25, 0.3) is 0 Å². The molecule has 1 aliphatic rings. The highest BCUT2D eigenvalue weighted by Crippen LogP contribution is 2.39. The van der Waals surface area contributed by atoms with Crippen LogP contribution in [-0.4, -0.2) is 37.8 Å². The van der Waals surface area contributed by atoms with Crippen molar-refractivity contribution in [1.29, 1.82) is 0 Å². The number of aromatic nitrogens is 1. The molecule has 0 saturated carbocycles. The van der Waals surface area contributed by atoms with Gasteiger partial charge in [-0.05, 0) is 32.8 Å². The number of halogens is 1. The van der Waals surface area contributed by atoms with E-state index >= 15 is 0 Å². The molecule has 1 amide bonds. The van der Waals surface area contributed by atoms with Gasteiger partial charge in [-0.25, -0.2) is 9.18 Å². The van der Waals surface area contributed by atoms with Gasteiger partial charge in [0.1, 0.15) is 11.9 Å². The van der Waals surface area contributed by atoms with Crippen LogP contribution in [0.2, 0.25) is 0 Å². The zero-order chi connectivity index (χ0) is 14.2. The third-order valence-electron chi connectivity index (χ3n) is 3.67. The fraction of sp³-hybridized carbons (Fsp3) is 0.538. The second-order valence-electron chi connectivity index (χ2n) is 5.45. The topological polar surface area (TPSA) is 73.7 Å². The van der Waals surface area contributed by atoms with Crippen molar-refractivity contribution in [1.82, 2.24) is 9.88 Å². The lowest BCUT2D eigenvalue weighted by molar-refractivity contribution is 0.0359. The van der Waals surface area contributed by atoms with E-state index in [0.717, 1.165) is 6.20 Å². The fourth-order valence-corrected chi connectivity index (χ4v) is 2.71. The number of amides is 1. The van der Waals surface area contributed by atoms with Crippen LogP contribution in [-0.2, 0) is 0 Å². The van der Waals surface area contributed by atoms with E-state index in [-0.39, 0.29) is 0 Å². The minimum Gasteiger partial charge on any atom is -0.465 e. The van der Waals surface area contributed by atoms with E-state index in [4.69, 9.17) is 0 Å². The Kier molecular flexibility index (Phi) is 3.45. The quantitative estimate of drug-likeness (QED) is 0.862. The molecule has 0 aromatic carbocycles. The predicted molar refractivity (Wildman–Crippen MR) is 66.1 cm³/mol. The summed E-state index contributed by atoms with van der Waals surface area (Å²) in [6.45, 7) is 3.63. The Morgan fingerprint density at radius 2 is 2.26 bits per heavy atom. The summed E-state index contributed by atoms with van der Waals surface area (Å²) < 4.78 is 13.1. The SMILES string of the molecule is CC1(C)CC[C@H]([C@@H](O)c2cncc(F)c2)N1C(=O)O. The van der Waals surface area contributed by atoms with Crippen LogP contribution in [0.25, 0.3) is 0 Å². The van der Waals surface area contributed by atoms with Crippen molar-refractivity contribution in [2.75, 3.05) is 0 Å². The molecule has 2 rings (SSSR count). The zero-order valence-electron chi connectivity index (χ0n) is 10.9. The maximum absolute atomic E-state index is 13.1. The van der Waals surface area contributed by atoms with E-state index in [1.54, 1.807) is 0 Å². The molecule has 2 atom stereocenters. The van der Waals surface area contributed by atoms with Gasteiger partial charge in [-0.15, -0.1) is 0 Å². The van der Waals surface area contributed by atoms with Gasteiger partial charge >= 0.3 is 6.09 Å². The number of pyridine rings is 1. The third-order valence-corrected chi connectivity index (χ3v) is 3.67. The Hall–Kier alpha value is -1.69. The van der Waals surface area contributed by atoms with Crippen molar-refractivity contribution in [3.63, 3.8) is 0 Å². The van der Waals surface area contributed by atoms with Crippen molar-refractivity contribution < 1.29 is 19.4 Å². The van der Waals surface area contributed by atoms with E-state index in [0.29, 0.717) is 18.4 Å². The highest BCUT2D eigenvalue weighted by atomic mass is 19.1. The maximum Gasteiger partial charge on any atom is 0.408 e. The van der Waals surface area contributed by atoms with Crippen LogP contribution in [0.15, 0.2) is 18.5 Å². The Bertz CT molecular complexity index is 493. The minimum atomic E-state index is -1.07. The van der Waals surface area contributed by atoms with Gasteiger partial charge in [0.2, 0.25) is 0 Å². The van der Waals surface area contributed by atoms with Gasteiger partial charge in [-0.1, -0.05) is 0 Å². The molecule has 0 spiro atoms. The largest absolute Gasteiger partial charge is 0.465 e. The van der Waals surface area contributed by atoms with E-state index in [9.17, 15) is 19.4 Å². The molecular formula is C13H17FN2O3. The molecule has 0 unspecified atom stereocenters. The van der Waals surface area contributed by atoms with Gasteiger partial charge in [-0.3, -0.25) is 9.88 Å². The molecular weight excluding hydrogens is 251 g/mol. The summed E-state index contributed by atoms with van der Waals surface area (Å²) in [5.74, 6) is -0.546. The van der Waals surface area contributed by atoms with Crippen molar-refractivity contribution >= 4 is 6.09 Å². The number of nitrogens with zero attached hydrogens (tertiary/aromatic N) is 2. The lowest BCUT2D eigenvalue weighted by Crippen LogP contribution is -2.48. The number of hydrogen-bond donors (Lipinski definition) is 2. The Morgan fingerprint density at radius 1 is 1.58 bits per heavy atom. The summed E-state index contributed by atoms with van der Waals surface area (Å²) in [6.07, 6.45) is 1.46. The van der Waals surface area contributed by atoms with E-state index in [1.807, 2.05) is 13.8 Å². The third kappa shape index (κ3) is 2.53. The van der Waals surface area contributed by atoms with Crippen molar-refractivity contribution in [2.45, 2.75) is 44.4 Å². The summed E-state index contributed by atoms with van der Waals surface area (Å²) in [5.41, 5.74) is -0.230.